The van der Waals surface area contributed by atoms with Crippen LogP contribution in [-0.4, -0.2) is 18.9 Å². The van der Waals surface area contributed by atoms with Gasteiger partial charge < -0.3 is 10.5 Å². The average molecular weight is 331 g/mol. The lowest BCUT2D eigenvalue weighted by atomic mass is 9.97. The van der Waals surface area contributed by atoms with E-state index in [2.05, 4.69) is 31.1 Å². The Morgan fingerprint density at radius 1 is 1.35 bits per heavy atom. The first-order chi connectivity index (χ1) is 10.6. The minimum absolute atomic E-state index is 0. The maximum absolute atomic E-state index is 9.49. The van der Waals surface area contributed by atoms with Crippen molar-refractivity contribution < 1.29 is 4.74 Å². The molecule has 0 atom stereocenters. The normalized spacial score (nSPS) is 17.0. The Hall–Kier alpha value is -2.29. The molecule has 23 heavy (non-hydrogen) atoms. The summed E-state index contributed by atoms with van der Waals surface area (Å²) in [4.78, 5) is 0. The standard InChI is InChI=1S/C17H18N4O.ClH/c1-11(2)12-5-3-4-6-16(12)21-17(19)14(9-18)13-7-8-22-10-15(13)20-21;/h3-7,11H,8,10,19H2,1-2H3;1H. The van der Waals surface area contributed by atoms with E-state index in [-0.39, 0.29) is 12.4 Å². The molecular formula is C17H19ClN4O. The number of halogens is 1. The van der Waals surface area contributed by atoms with Crippen LogP contribution in [0.1, 0.15) is 25.3 Å². The Morgan fingerprint density at radius 3 is 2.78 bits per heavy atom. The van der Waals surface area contributed by atoms with Gasteiger partial charge in [-0.1, -0.05) is 32.0 Å². The van der Waals surface area contributed by atoms with Gasteiger partial charge in [-0.25, -0.2) is 5.01 Å². The molecule has 0 bridgehead atoms. The van der Waals surface area contributed by atoms with Crippen molar-refractivity contribution in [1.29, 1.82) is 5.26 Å². The van der Waals surface area contributed by atoms with Gasteiger partial charge in [0.2, 0.25) is 0 Å². The van der Waals surface area contributed by atoms with E-state index >= 15 is 0 Å². The maximum Gasteiger partial charge on any atom is 0.144 e. The molecule has 3 rings (SSSR count). The van der Waals surface area contributed by atoms with Crippen molar-refractivity contribution in [1.82, 2.24) is 0 Å². The molecule has 0 radical (unpaired) electrons. The summed E-state index contributed by atoms with van der Waals surface area (Å²) in [5.74, 6) is 0.696. The molecule has 5 nitrogen and oxygen atoms in total. The number of rotatable bonds is 2. The number of benzene rings is 1. The highest BCUT2D eigenvalue weighted by atomic mass is 35.5. The van der Waals surface area contributed by atoms with Gasteiger partial charge in [0.1, 0.15) is 17.5 Å². The highest BCUT2D eigenvalue weighted by molar-refractivity contribution is 6.08. The molecule has 0 aromatic heterocycles. The van der Waals surface area contributed by atoms with Gasteiger partial charge >= 0.3 is 0 Å². The smallest absolute Gasteiger partial charge is 0.144 e. The summed E-state index contributed by atoms with van der Waals surface area (Å²) in [5.41, 5.74) is 10.3. The molecule has 0 saturated carbocycles. The number of ether oxygens (including phenoxy) is 1. The zero-order chi connectivity index (χ0) is 15.7. The minimum Gasteiger partial charge on any atom is -0.383 e. The zero-order valence-corrected chi connectivity index (χ0v) is 13.9. The fourth-order valence-corrected chi connectivity index (χ4v) is 2.71. The second-order valence-electron chi connectivity index (χ2n) is 5.58. The number of anilines is 1. The second-order valence-corrected chi connectivity index (χ2v) is 5.58. The summed E-state index contributed by atoms with van der Waals surface area (Å²) in [5, 5.41) is 15.8. The van der Waals surface area contributed by atoms with Gasteiger partial charge in [0.15, 0.2) is 0 Å². The average Bonchev–Trinajstić information content (AvgIpc) is 2.54. The second kappa shape index (κ2) is 6.86. The SMILES string of the molecule is CC(C)c1ccccc1N1N=C2COCC=C2C(C#N)=C1N.Cl. The molecule has 2 N–H and O–H groups in total. The van der Waals surface area contributed by atoms with E-state index in [1.807, 2.05) is 24.3 Å². The third-order valence-electron chi connectivity index (χ3n) is 3.83. The molecule has 0 fully saturated rings. The van der Waals surface area contributed by atoms with E-state index in [1.54, 1.807) is 5.01 Å². The van der Waals surface area contributed by atoms with E-state index in [9.17, 15) is 5.26 Å². The topological polar surface area (TPSA) is 74.6 Å². The molecule has 0 aliphatic carbocycles. The Bertz CT molecular complexity index is 743. The van der Waals surface area contributed by atoms with Crippen LogP contribution < -0.4 is 10.7 Å². The summed E-state index contributed by atoms with van der Waals surface area (Å²) in [7, 11) is 0. The molecule has 1 aromatic rings. The van der Waals surface area contributed by atoms with Gasteiger partial charge in [0.25, 0.3) is 0 Å². The predicted molar refractivity (Wildman–Crippen MR) is 93.4 cm³/mol. The quantitative estimate of drug-likeness (QED) is 0.904. The first-order valence-corrected chi connectivity index (χ1v) is 7.28. The highest BCUT2D eigenvalue weighted by Crippen LogP contribution is 2.33. The van der Waals surface area contributed by atoms with Crippen molar-refractivity contribution in [2.75, 3.05) is 18.2 Å². The number of nitrogens with two attached hydrogens (primary N) is 1. The van der Waals surface area contributed by atoms with Crippen LogP contribution in [0.15, 0.2) is 52.4 Å². The van der Waals surface area contributed by atoms with Crippen LogP contribution >= 0.6 is 12.4 Å². The Labute approximate surface area is 142 Å². The minimum atomic E-state index is 0. The number of para-hydroxylation sites is 1. The van der Waals surface area contributed by atoms with Crippen molar-refractivity contribution in [2.45, 2.75) is 19.8 Å². The molecule has 2 heterocycles. The number of allylic oxidation sites excluding steroid dienone is 1. The van der Waals surface area contributed by atoms with E-state index < -0.39 is 0 Å². The van der Waals surface area contributed by atoms with E-state index in [4.69, 9.17) is 10.5 Å². The molecule has 0 unspecified atom stereocenters. The number of hydrogen-bond donors (Lipinski definition) is 1. The molecular weight excluding hydrogens is 312 g/mol. The fraction of sp³-hybridized carbons (Fsp3) is 0.294. The molecule has 0 saturated heterocycles. The van der Waals surface area contributed by atoms with Crippen LogP contribution in [0.4, 0.5) is 5.69 Å². The molecule has 2 aliphatic rings. The van der Waals surface area contributed by atoms with Crippen LogP contribution in [0, 0.1) is 11.3 Å². The predicted octanol–water partition coefficient (Wildman–Crippen LogP) is 3.06. The van der Waals surface area contributed by atoms with Crippen LogP contribution in [-0.2, 0) is 4.74 Å². The summed E-state index contributed by atoms with van der Waals surface area (Å²) < 4.78 is 5.42. The van der Waals surface area contributed by atoms with Crippen molar-refractivity contribution in [3.05, 3.63) is 52.9 Å². The monoisotopic (exact) mass is 330 g/mol. The first kappa shape index (κ1) is 17.1. The summed E-state index contributed by atoms with van der Waals surface area (Å²) in [6.45, 7) is 5.12. The van der Waals surface area contributed by atoms with E-state index in [0.29, 0.717) is 30.5 Å². The number of hydrogen-bond acceptors (Lipinski definition) is 5. The first-order valence-electron chi connectivity index (χ1n) is 7.28. The molecule has 1 aromatic carbocycles. The molecule has 0 amide bonds. The van der Waals surface area contributed by atoms with Gasteiger partial charge in [-0.15, -0.1) is 12.4 Å². The highest BCUT2D eigenvalue weighted by Gasteiger charge is 2.29. The number of fused-ring (bicyclic) bond motifs is 1. The lowest BCUT2D eigenvalue weighted by molar-refractivity contribution is 0.199. The van der Waals surface area contributed by atoms with E-state index in [0.717, 1.165) is 22.5 Å². The zero-order valence-electron chi connectivity index (χ0n) is 13.1. The van der Waals surface area contributed by atoms with Crippen molar-refractivity contribution in [3.63, 3.8) is 0 Å². The van der Waals surface area contributed by atoms with Gasteiger partial charge in [-0.05, 0) is 23.6 Å². The van der Waals surface area contributed by atoms with Crippen LogP contribution in [0.3, 0.4) is 0 Å². The molecule has 6 heteroatoms. The van der Waals surface area contributed by atoms with Crippen LogP contribution in [0.5, 0.6) is 0 Å². The van der Waals surface area contributed by atoms with Gasteiger partial charge in [-0.3, -0.25) is 0 Å². The van der Waals surface area contributed by atoms with E-state index in [1.165, 1.54) is 0 Å². The Morgan fingerprint density at radius 2 is 2.09 bits per heavy atom. The maximum atomic E-state index is 9.49. The van der Waals surface area contributed by atoms with Crippen molar-refractivity contribution >= 4 is 23.8 Å². The number of hydrazone groups is 1. The molecule has 2 aliphatic heterocycles. The third-order valence-corrected chi connectivity index (χ3v) is 3.83. The molecule has 0 spiro atoms. The molecule has 120 valence electrons. The third kappa shape index (κ3) is 2.96. The van der Waals surface area contributed by atoms with Crippen LogP contribution in [0.2, 0.25) is 0 Å². The number of nitriles is 1. The Balaban J connectivity index is 0.00000192. The van der Waals surface area contributed by atoms with Gasteiger partial charge in [-0.2, -0.15) is 10.4 Å². The van der Waals surface area contributed by atoms with Crippen LogP contribution in [0.25, 0.3) is 0 Å². The summed E-state index contributed by atoms with van der Waals surface area (Å²) in [6.07, 6.45) is 1.86. The lowest BCUT2D eigenvalue weighted by Crippen LogP contribution is -2.35. The van der Waals surface area contributed by atoms with Crippen molar-refractivity contribution in [3.8, 4) is 6.07 Å². The van der Waals surface area contributed by atoms with Gasteiger partial charge in [0, 0.05) is 5.57 Å². The lowest BCUT2D eigenvalue weighted by Gasteiger charge is -2.30. The summed E-state index contributed by atoms with van der Waals surface area (Å²) in [6, 6.07) is 10.2. The fourth-order valence-electron chi connectivity index (χ4n) is 2.71. The summed E-state index contributed by atoms with van der Waals surface area (Å²) >= 11 is 0. The van der Waals surface area contributed by atoms with Crippen molar-refractivity contribution in [2.24, 2.45) is 10.8 Å². The van der Waals surface area contributed by atoms with Gasteiger partial charge in [0.05, 0.1) is 24.6 Å². The largest absolute Gasteiger partial charge is 0.383 e. The number of nitrogens with zero attached hydrogens (tertiary/aromatic N) is 3. The Kier molecular flexibility index (Phi) is 5.09.